The van der Waals surface area contributed by atoms with Crippen molar-refractivity contribution in [3.8, 4) is 0 Å². The number of hydrogen-bond donors (Lipinski definition) is 3. The maximum absolute atomic E-state index is 13.9. The molecule has 1 aromatic rings. The van der Waals surface area contributed by atoms with E-state index in [1.165, 1.54) is 6.07 Å². The molecular weight excluding hydrogens is 243 g/mol. The Labute approximate surface area is 105 Å². The molecule has 2 rings (SSSR count). The smallest absolute Gasteiger partial charge is 0.166 e. The standard InChI is InChI=1S/C12H16ClFN2O/c13-8-3-4-9(15)11(10(8)14)16-12(7-17)5-1-2-6-12/h3-4,16-17H,1-2,5-7,15H2. The monoisotopic (exact) mass is 258 g/mol. The van der Waals surface area contributed by atoms with Crippen LogP contribution >= 0.6 is 11.6 Å². The van der Waals surface area contributed by atoms with Gasteiger partial charge in [-0.1, -0.05) is 24.4 Å². The van der Waals surface area contributed by atoms with E-state index in [2.05, 4.69) is 5.32 Å². The van der Waals surface area contributed by atoms with E-state index >= 15 is 0 Å². The van der Waals surface area contributed by atoms with E-state index in [0.29, 0.717) is 5.69 Å². The number of nitrogens with two attached hydrogens (primary N) is 1. The summed E-state index contributed by atoms with van der Waals surface area (Å²) in [6.07, 6.45) is 3.68. The fourth-order valence-corrected chi connectivity index (χ4v) is 2.49. The van der Waals surface area contributed by atoms with Crippen LogP contribution in [0.3, 0.4) is 0 Å². The van der Waals surface area contributed by atoms with Gasteiger partial charge in [-0.25, -0.2) is 4.39 Å². The van der Waals surface area contributed by atoms with Crippen LogP contribution in [0.25, 0.3) is 0 Å². The lowest BCUT2D eigenvalue weighted by atomic mass is 9.98. The van der Waals surface area contributed by atoms with Crippen LogP contribution in [-0.4, -0.2) is 17.3 Å². The van der Waals surface area contributed by atoms with Crippen molar-refractivity contribution in [1.82, 2.24) is 0 Å². The second-order valence-corrected chi connectivity index (χ2v) is 5.00. The molecule has 0 heterocycles. The largest absolute Gasteiger partial charge is 0.397 e. The van der Waals surface area contributed by atoms with E-state index in [1.54, 1.807) is 6.07 Å². The maximum Gasteiger partial charge on any atom is 0.166 e. The number of nitrogen functional groups attached to an aromatic ring is 1. The van der Waals surface area contributed by atoms with E-state index in [-0.39, 0.29) is 17.3 Å². The Hall–Kier alpha value is -1.00. The van der Waals surface area contributed by atoms with Gasteiger partial charge in [0.25, 0.3) is 0 Å². The first kappa shape index (κ1) is 12.5. The summed E-state index contributed by atoms with van der Waals surface area (Å²) in [5.74, 6) is -0.550. The topological polar surface area (TPSA) is 58.3 Å². The molecule has 0 radical (unpaired) electrons. The predicted octanol–water partition coefficient (Wildman–Crippen LogP) is 2.78. The van der Waals surface area contributed by atoms with E-state index in [9.17, 15) is 9.50 Å². The molecule has 0 unspecified atom stereocenters. The highest BCUT2D eigenvalue weighted by atomic mass is 35.5. The van der Waals surface area contributed by atoms with E-state index < -0.39 is 11.4 Å². The molecule has 0 spiro atoms. The molecule has 17 heavy (non-hydrogen) atoms. The van der Waals surface area contributed by atoms with Crippen LogP contribution in [0.5, 0.6) is 0 Å². The Balaban J connectivity index is 2.32. The zero-order chi connectivity index (χ0) is 12.5. The Morgan fingerprint density at radius 1 is 1.41 bits per heavy atom. The van der Waals surface area contributed by atoms with Crippen LogP contribution in [-0.2, 0) is 0 Å². The SMILES string of the molecule is Nc1ccc(Cl)c(F)c1NC1(CO)CCCC1. The number of hydrogen-bond acceptors (Lipinski definition) is 3. The molecule has 0 aliphatic heterocycles. The Morgan fingerprint density at radius 2 is 2.06 bits per heavy atom. The predicted molar refractivity (Wildman–Crippen MR) is 67.7 cm³/mol. The molecule has 1 aromatic carbocycles. The summed E-state index contributed by atoms with van der Waals surface area (Å²) in [6.45, 7) is -0.0294. The molecule has 4 N–H and O–H groups in total. The van der Waals surface area contributed by atoms with Crippen LogP contribution in [0, 0.1) is 5.82 Å². The van der Waals surface area contributed by atoms with Crippen LogP contribution in [0.4, 0.5) is 15.8 Å². The summed E-state index contributed by atoms with van der Waals surface area (Å²) in [7, 11) is 0. The molecule has 1 aliphatic rings. The van der Waals surface area contributed by atoms with Gasteiger partial charge in [0.1, 0.15) is 0 Å². The highest BCUT2D eigenvalue weighted by molar-refractivity contribution is 6.31. The molecule has 94 valence electrons. The maximum atomic E-state index is 13.9. The molecule has 1 fully saturated rings. The molecular formula is C12H16ClFN2O. The lowest BCUT2D eigenvalue weighted by molar-refractivity contribution is 0.214. The first-order chi connectivity index (χ1) is 8.08. The molecule has 0 amide bonds. The minimum absolute atomic E-state index is 0.0294. The third-order valence-electron chi connectivity index (χ3n) is 3.38. The number of nitrogens with one attached hydrogen (secondary N) is 1. The highest BCUT2D eigenvalue weighted by Gasteiger charge is 2.34. The minimum Gasteiger partial charge on any atom is -0.397 e. The normalized spacial score (nSPS) is 18.3. The number of anilines is 2. The van der Waals surface area contributed by atoms with Crippen LogP contribution in [0.2, 0.25) is 5.02 Å². The molecule has 1 saturated carbocycles. The van der Waals surface area contributed by atoms with Crippen molar-refractivity contribution in [1.29, 1.82) is 0 Å². The Morgan fingerprint density at radius 3 is 2.65 bits per heavy atom. The fourth-order valence-electron chi connectivity index (χ4n) is 2.33. The fraction of sp³-hybridized carbons (Fsp3) is 0.500. The van der Waals surface area contributed by atoms with Gasteiger partial charge in [-0.3, -0.25) is 0 Å². The van der Waals surface area contributed by atoms with Gasteiger partial charge in [0.05, 0.1) is 28.5 Å². The van der Waals surface area contributed by atoms with Gasteiger partial charge in [0.15, 0.2) is 5.82 Å². The summed E-state index contributed by atoms with van der Waals surface area (Å²) < 4.78 is 13.9. The third kappa shape index (κ3) is 2.33. The van der Waals surface area contributed by atoms with Crippen molar-refractivity contribution in [3.63, 3.8) is 0 Å². The molecule has 0 saturated heterocycles. The highest BCUT2D eigenvalue weighted by Crippen LogP contribution is 2.37. The van der Waals surface area contributed by atoms with Crippen LogP contribution in [0.1, 0.15) is 25.7 Å². The summed E-state index contributed by atoms with van der Waals surface area (Å²) >= 11 is 5.73. The van der Waals surface area contributed by atoms with Crippen LogP contribution < -0.4 is 11.1 Å². The average Bonchev–Trinajstić information content (AvgIpc) is 2.79. The van der Waals surface area contributed by atoms with Gasteiger partial charge in [-0.05, 0) is 25.0 Å². The first-order valence-corrected chi connectivity index (χ1v) is 6.08. The second-order valence-electron chi connectivity index (χ2n) is 4.60. The summed E-state index contributed by atoms with van der Waals surface area (Å²) in [5, 5.41) is 12.6. The van der Waals surface area contributed by atoms with E-state index in [0.717, 1.165) is 25.7 Å². The van der Waals surface area contributed by atoms with Gasteiger partial charge in [-0.15, -0.1) is 0 Å². The average molecular weight is 259 g/mol. The minimum atomic E-state index is -0.550. The third-order valence-corrected chi connectivity index (χ3v) is 3.67. The number of rotatable bonds is 3. The molecule has 0 atom stereocenters. The van der Waals surface area contributed by atoms with E-state index in [1.807, 2.05) is 0 Å². The summed E-state index contributed by atoms with van der Waals surface area (Å²) in [4.78, 5) is 0. The lowest BCUT2D eigenvalue weighted by Crippen LogP contribution is -2.39. The van der Waals surface area contributed by atoms with Crippen molar-refractivity contribution >= 4 is 23.0 Å². The molecule has 3 nitrogen and oxygen atoms in total. The van der Waals surface area contributed by atoms with Gasteiger partial charge in [0.2, 0.25) is 0 Å². The number of aliphatic hydroxyl groups excluding tert-OH is 1. The van der Waals surface area contributed by atoms with Gasteiger partial charge in [0, 0.05) is 0 Å². The number of benzene rings is 1. The first-order valence-electron chi connectivity index (χ1n) is 5.70. The lowest BCUT2D eigenvalue weighted by Gasteiger charge is -2.30. The number of halogens is 2. The summed E-state index contributed by atoms with van der Waals surface area (Å²) in [5.41, 5.74) is 5.79. The second kappa shape index (κ2) is 4.70. The van der Waals surface area contributed by atoms with Crippen molar-refractivity contribution in [2.75, 3.05) is 17.7 Å². The zero-order valence-corrected chi connectivity index (χ0v) is 10.2. The van der Waals surface area contributed by atoms with Crippen molar-refractivity contribution in [2.24, 2.45) is 0 Å². The summed E-state index contributed by atoms with van der Waals surface area (Å²) in [6, 6.07) is 2.99. The molecule has 0 bridgehead atoms. The van der Waals surface area contributed by atoms with Crippen molar-refractivity contribution < 1.29 is 9.50 Å². The van der Waals surface area contributed by atoms with Gasteiger partial charge in [-0.2, -0.15) is 0 Å². The van der Waals surface area contributed by atoms with Gasteiger partial charge < -0.3 is 16.2 Å². The quantitative estimate of drug-likeness (QED) is 0.731. The molecule has 0 aromatic heterocycles. The Bertz CT molecular complexity index is 419. The molecule has 5 heteroatoms. The van der Waals surface area contributed by atoms with Crippen LogP contribution in [0.15, 0.2) is 12.1 Å². The Kier molecular flexibility index (Phi) is 3.45. The van der Waals surface area contributed by atoms with Crippen molar-refractivity contribution in [3.05, 3.63) is 23.0 Å². The van der Waals surface area contributed by atoms with Crippen molar-refractivity contribution in [2.45, 2.75) is 31.2 Å². The number of aliphatic hydroxyl groups is 1. The zero-order valence-electron chi connectivity index (χ0n) is 9.47. The van der Waals surface area contributed by atoms with Gasteiger partial charge >= 0.3 is 0 Å². The molecule has 1 aliphatic carbocycles. The van der Waals surface area contributed by atoms with E-state index in [4.69, 9.17) is 17.3 Å².